The van der Waals surface area contributed by atoms with Crippen molar-refractivity contribution in [2.24, 2.45) is 23.7 Å². The molecule has 0 saturated heterocycles. The normalized spacial score (nSPS) is 33.0. The van der Waals surface area contributed by atoms with Crippen molar-refractivity contribution in [1.82, 2.24) is 4.72 Å². The van der Waals surface area contributed by atoms with Crippen molar-refractivity contribution in [2.75, 3.05) is 37.5 Å². The Bertz CT molecular complexity index is 1560. The van der Waals surface area contributed by atoms with E-state index in [1.807, 2.05) is 25.1 Å². The first-order chi connectivity index (χ1) is 21.0. The number of hydrogen-bond acceptors (Lipinski definition) is 6. The Kier molecular flexibility index (Phi) is 8.81. The molecule has 1 spiro atoms. The highest BCUT2D eigenvalue weighted by Crippen LogP contribution is 2.47. The van der Waals surface area contributed by atoms with Gasteiger partial charge in [0.05, 0.1) is 24.2 Å². The number of benzene rings is 2. The zero-order valence-corrected chi connectivity index (χ0v) is 27.8. The molecule has 1 N–H and O–H groups in total. The van der Waals surface area contributed by atoms with Gasteiger partial charge in [0.1, 0.15) is 5.75 Å². The van der Waals surface area contributed by atoms with Crippen LogP contribution in [0.2, 0.25) is 5.02 Å². The summed E-state index contributed by atoms with van der Waals surface area (Å²) in [5.41, 5.74) is 4.64. The number of rotatable bonds is 2. The van der Waals surface area contributed by atoms with Crippen LogP contribution >= 0.6 is 11.6 Å². The highest BCUT2D eigenvalue weighted by atomic mass is 35.5. The molecular formula is C35H45ClN2O5S. The van der Waals surface area contributed by atoms with Crippen molar-refractivity contribution in [3.63, 3.8) is 0 Å². The van der Waals surface area contributed by atoms with Crippen LogP contribution in [0.3, 0.4) is 0 Å². The predicted molar refractivity (Wildman–Crippen MR) is 175 cm³/mol. The summed E-state index contributed by atoms with van der Waals surface area (Å²) in [4.78, 5) is 15.8. The van der Waals surface area contributed by atoms with Gasteiger partial charge in [-0.05, 0) is 110 Å². The van der Waals surface area contributed by atoms with Crippen LogP contribution in [-0.2, 0) is 26.6 Å². The number of nitrogens with one attached hydrogen (secondary N) is 1. The minimum atomic E-state index is -3.86. The molecular weight excluding hydrogens is 596 g/mol. The van der Waals surface area contributed by atoms with Gasteiger partial charge < -0.3 is 14.4 Å². The summed E-state index contributed by atoms with van der Waals surface area (Å²) in [5.74, 6) is 0.652. The van der Waals surface area contributed by atoms with Crippen LogP contribution in [0.25, 0.3) is 0 Å². The fourth-order valence-electron chi connectivity index (χ4n) is 8.27. The summed E-state index contributed by atoms with van der Waals surface area (Å²) in [5, 5.41) is 0.750. The Labute approximate surface area is 267 Å². The summed E-state index contributed by atoms with van der Waals surface area (Å²) in [6.45, 7) is 8.26. The van der Waals surface area contributed by atoms with E-state index in [2.05, 4.69) is 41.7 Å². The van der Waals surface area contributed by atoms with Gasteiger partial charge in [0.2, 0.25) is 10.0 Å². The second kappa shape index (κ2) is 12.3. The van der Waals surface area contributed by atoms with E-state index in [-0.39, 0.29) is 29.1 Å². The molecule has 2 bridgehead atoms. The molecule has 2 aromatic rings. The number of aryl methyl sites for hydroxylation is 1. The molecule has 2 aliphatic carbocycles. The summed E-state index contributed by atoms with van der Waals surface area (Å²) < 4.78 is 41.6. The van der Waals surface area contributed by atoms with E-state index in [0.29, 0.717) is 30.4 Å². The van der Waals surface area contributed by atoms with Crippen LogP contribution in [0.15, 0.2) is 48.0 Å². The van der Waals surface area contributed by atoms with E-state index in [1.165, 1.54) is 11.1 Å². The van der Waals surface area contributed by atoms with Gasteiger partial charge in [0.15, 0.2) is 0 Å². The van der Waals surface area contributed by atoms with Crippen LogP contribution in [0.5, 0.6) is 5.75 Å². The van der Waals surface area contributed by atoms with E-state index in [1.54, 1.807) is 13.2 Å². The van der Waals surface area contributed by atoms with Gasteiger partial charge in [-0.25, -0.2) is 13.1 Å². The van der Waals surface area contributed by atoms with Gasteiger partial charge in [-0.15, -0.1) is 0 Å². The average molecular weight is 641 g/mol. The van der Waals surface area contributed by atoms with Gasteiger partial charge >= 0.3 is 0 Å². The van der Waals surface area contributed by atoms with E-state index in [9.17, 15) is 13.2 Å². The minimum Gasteiger partial charge on any atom is -0.490 e. The van der Waals surface area contributed by atoms with Crippen LogP contribution in [0.1, 0.15) is 74.4 Å². The van der Waals surface area contributed by atoms with Gasteiger partial charge in [-0.1, -0.05) is 44.0 Å². The fourth-order valence-corrected chi connectivity index (χ4v) is 10.0. The lowest BCUT2D eigenvalue weighted by atomic mass is 9.67. The minimum absolute atomic E-state index is 0.0177. The number of carbonyl (C=O) groups excluding carboxylic acids is 1. The zero-order chi connectivity index (χ0) is 31.2. The van der Waals surface area contributed by atoms with Crippen molar-refractivity contribution >= 4 is 33.2 Å². The molecule has 1 unspecified atom stereocenters. The zero-order valence-electron chi connectivity index (χ0n) is 26.3. The number of amides is 1. The quantitative estimate of drug-likeness (QED) is 0.376. The molecule has 2 heterocycles. The second-order valence-corrected chi connectivity index (χ2v) is 15.8. The highest BCUT2D eigenvalue weighted by Gasteiger charge is 2.45. The number of hydrogen-bond donors (Lipinski definition) is 1. The van der Waals surface area contributed by atoms with E-state index >= 15 is 0 Å². The number of fused-ring (bicyclic) bond motifs is 4. The molecule has 2 aliphatic heterocycles. The van der Waals surface area contributed by atoms with E-state index < -0.39 is 15.9 Å². The number of ether oxygens (including phenoxy) is 2. The smallest absolute Gasteiger partial charge is 0.264 e. The molecule has 0 radical (unpaired) electrons. The van der Waals surface area contributed by atoms with Crippen molar-refractivity contribution < 1.29 is 22.7 Å². The number of methoxy groups -OCH3 is 1. The molecule has 0 aromatic heterocycles. The maximum absolute atomic E-state index is 13.4. The maximum Gasteiger partial charge on any atom is 0.264 e. The summed E-state index contributed by atoms with van der Waals surface area (Å²) in [6.07, 6.45) is 8.07. The summed E-state index contributed by atoms with van der Waals surface area (Å²) >= 11 is 6.42. The number of anilines is 1. The highest BCUT2D eigenvalue weighted by molar-refractivity contribution is 7.90. The van der Waals surface area contributed by atoms with E-state index in [4.69, 9.17) is 21.1 Å². The summed E-state index contributed by atoms with van der Waals surface area (Å²) in [6, 6.07) is 11.6. The van der Waals surface area contributed by atoms with Crippen molar-refractivity contribution in [3.05, 3.63) is 69.8 Å². The number of halogens is 1. The Morgan fingerprint density at radius 1 is 1.18 bits per heavy atom. The Morgan fingerprint density at radius 3 is 2.73 bits per heavy atom. The lowest BCUT2D eigenvalue weighted by Gasteiger charge is -2.46. The van der Waals surface area contributed by atoms with Crippen molar-refractivity contribution in [3.8, 4) is 5.75 Å². The van der Waals surface area contributed by atoms with Gasteiger partial charge in [-0.3, -0.25) is 4.79 Å². The topological polar surface area (TPSA) is 84.9 Å². The molecule has 1 fully saturated rings. The monoisotopic (exact) mass is 640 g/mol. The lowest BCUT2D eigenvalue weighted by Crippen LogP contribution is -2.50. The molecule has 1 amide bonds. The molecule has 6 rings (SSSR count). The summed E-state index contributed by atoms with van der Waals surface area (Å²) in [7, 11) is -2.07. The van der Waals surface area contributed by atoms with Crippen LogP contribution in [0, 0.1) is 23.7 Å². The van der Waals surface area contributed by atoms with Crippen molar-refractivity contribution in [1.29, 1.82) is 0 Å². The van der Waals surface area contributed by atoms with Gasteiger partial charge in [0, 0.05) is 36.2 Å². The molecule has 44 heavy (non-hydrogen) atoms. The lowest BCUT2D eigenvalue weighted by molar-refractivity contribution is 0.00592. The van der Waals surface area contributed by atoms with Crippen LogP contribution in [-0.4, -0.2) is 53.0 Å². The molecule has 9 heteroatoms. The number of carbonyl (C=O) groups is 1. The molecule has 7 nitrogen and oxygen atoms in total. The third kappa shape index (κ3) is 6.02. The SMILES string of the molecule is CC[C@@H]1CS(=O)(=O)NC(=O)c2ccc3c(c2)N(C[C@@H]2CC[C@H]2[C@@H](OC)/C(C)=C/C1C)C[C@@]1(CCCc2cc(Cl)ccc21)CO3. The second-order valence-electron chi connectivity index (χ2n) is 13.6. The first kappa shape index (κ1) is 31.4. The first-order valence-corrected chi connectivity index (χ1v) is 18.1. The Hall–Kier alpha value is -2.55. The first-order valence-electron chi connectivity index (χ1n) is 16.1. The third-order valence-corrected chi connectivity index (χ3v) is 12.4. The maximum atomic E-state index is 13.4. The molecule has 238 valence electrons. The Morgan fingerprint density at radius 2 is 2.00 bits per heavy atom. The van der Waals surface area contributed by atoms with Crippen LogP contribution < -0.4 is 14.4 Å². The molecule has 1 saturated carbocycles. The van der Waals surface area contributed by atoms with Gasteiger partial charge in [-0.2, -0.15) is 0 Å². The van der Waals surface area contributed by atoms with Gasteiger partial charge in [0.25, 0.3) is 5.91 Å². The Balaban J connectivity index is 1.44. The number of sulfonamides is 1. The number of allylic oxidation sites excluding steroid dienone is 1. The van der Waals surface area contributed by atoms with E-state index in [0.717, 1.165) is 67.2 Å². The number of nitrogens with zero attached hydrogens (tertiary/aromatic N) is 1. The molecule has 2 aromatic carbocycles. The largest absolute Gasteiger partial charge is 0.490 e. The average Bonchev–Trinajstić information content (AvgIpc) is 3.12. The standard InChI is InChI=1S/C35H45ClN2O5S/c1-5-24-19-44(40,41)37-34(39)26-9-13-32-31(17-26)38(18-27-8-11-29(27)33(42-4)23(3)15-22(24)2)20-35(21-43-32)14-6-7-25-16-28(36)10-12-30(25)35/h9-10,12-13,15-17,22,24,27,29,33H,5-8,11,14,18-21H2,1-4H3,(H,37,39)/b23-15+/t22?,24-,27+,29-,33+,35+/m1/s1. The van der Waals surface area contributed by atoms with Crippen molar-refractivity contribution in [2.45, 2.75) is 70.8 Å². The third-order valence-electron chi connectivity index (χ3n) is 10.8. The molecule has 6 atom stereocenters. The molecule has 4 aliphatic rings. The predicted octanol–water partition coefficient (Wildman–Crippen LogP) is 6.54. The fraction of sp³-hybridized carbons (Fsp3) is 0.571. The van der Waals surface area contributed by atoms with Crippen LogP contribution in [0.4, 0.5) is 5.69 Å².